The lowest BCUT2D eigenvalue weighted by molar-refractivity contribution is 0.166. The van der Waals surface area contributed by atoms with Crippen molar-refractivity contribution < 1.29 is 9.53 Å². The highest BCUT2D eigenvalue weighted by Crippen LogP contribution is 2.28. The van der Waals surface area contributed by atoms with Crippen LogP contribution in [0.5, 0.6) is 5.88 Å². The van der Waals surface area contributed by atoms with Crippen molar-refractivity contribution in [3.63, 3.8) is 0 Å². The summed E-state index contributed by atoms with van der Waals surface area (Å²) in [5.41, 5.74) is 3.62. The molecule has 8 nitrogen and oxygen atoms in total. The van der Waals surface area contributed by atoms with Crippen LogP contribution in [0.15, 0.2) is 42.9 Å². The van der Waals surface area contributed by atoms with Gasteiger partial charge in [-0.2, -0.15) is 0 Å². The first-order valence-electron chi connectivity index (χ1n) is 12.0. The van der Waals surface area contributed by atoms with E-state index in [0.29, 0.717) is 31.6 Å². The Hall–Kier alpha value is -3.13. The minimum Gasteiger partial charge on any atom is -0.473 e. The Morgan fingerprint density at radius 3 is 3.00 bits per heavy atom. The van der Waals surface area contributed by atoms with Crippen molar-refractivity contribution in [2.24, 2.45) is 0 Å². The molecule has 2 aromatic heterocycles. The maximum absolute atomic E-state index is 12.9. The van der Waals surface area contributed by atoms with Crippen LogP contribution in [0.25, 0.3) is 16.9 Å². The van der Waals surface area contributed by atoms with E-state index in [9.17, 15) is 4.79 Å². The van der Waals surface area contributed by atoms with Crippen molar-refractivity contribution >= 4 is 11.7 Å². The Labute approximate surface area is 194 Å². The second kappa shape index (κ2) is 9.39. The van der Waals surface area contributed by atoms with Crippen LogP contribution < -0.4 is 10.1 Å². The molecule has 2 amide bonds. The lowest BCUT2D eigenvalue weighted by atomic mass is 10.0. The fraction of sp³-hybridized carbons (Fsp3) is 0.480. The topological polar surface area (TPSA) is 75.0 Å². The number of benzene rings is 1. The summed E-state index contributed by atoms with van der Waals surface area (Å²) in [6.45, 7) is 8.01. The number of urea groups is 1. The second-order valence-corrected chi connectivity index (χ2v) is 8.91. The largest absolute Gasteiger partial charge is 0.473 e. The maximum atomic E-state index is 12.9. The Kier molecular flexibility index (Phi) is 6.17. The number of hydrogen-bond acceptors (Lipinski definition) is 5. The molecular weight excluding hydrogens is 416 g/mol. The zero-order valence-electron chi connectivity index (χ0n) is 19.4. The fourth-order valence-electron chi connectivity index (χ4n) is 5.00. The molecule has 0 saturated carbocycles. The minimum atomic E-state index is -0.0544. The number of ether oxygens (including phenoxy) is 1. The Morgan fingerprint density at radius 1 is 1.24 bits per heavy atom. The summed E-state index contributed by atoms with van der Waals surface area (Å²) >= 11 is 0. The van der Waals surface area contributed by atoms with Gasteiger partial charge in [0.25, 0.3) is 5.88 Å². The highest BCUT2D eigenvalue weighted by atomic mass is 16.5. The van der Waals surface area contributed by atoms with Crippen LogP contribution in [0, 0.1) is 0 Å². The Balaban J connectivity index is 1.55. The number of amides is 2. The summed E-state index contributed by atoms with van der Waals surface area (Å²) < 4.78 is 8.26. The minimum absolute atomic E-state index is 0.0127. The van der Waals surface area contributed by atoms with Gasteiger partial charge in [0, 0.05) is 49.8 Å². The third kappa shape index (κ3) is 4.39. The van der Waals surface area contributed by atoms with E-state index >= 15 is 0 Å². The van der Waals surface area contributed by atoms with Gasteiger partial charge in [0.1, 0.15) is 6.61 Å². The van der Waals surface area contributed by atoms with Gasteiger partial charge in [0.05, 0.1) is 11.7 Å². The molecule has 0 spiro atoms. The van der Waals surface area contributed by atoms with Crippen LogP contribution in [0.1, 0.15) is 44.7 Å². The standard InChI is InChI=1S/C25H32N6O2/c1-3-31-18(2)19-7-4-8-20(15-19)22-16-30-14-11-26-23(30)24(28-22)33-17-21-9-5-12-29(21)13-6-10-27-25(31)32/h4,7-8,11,14-16,18,21H,3,5-6,9-10,12-13,17H2,1-2H3,(H,27,32)/t18-,21?/m1/s1. The molecule has 1 unspecified atom stereocenters. The van der Waals surface area contributed by atoms with Crippen molar-refractivity contribution in [2.75, 3.05) is 32.8 Å². The normalized spacial score (nSPS) is 22.5. The van der Waals surface area contributed by atoms with E-state index in [1.165, 1.54) is 6.42 Å². The summed E-state index contributed by atoms with van der Waals surface area (Å²) in [7, 11) is 0. The molecular formula is C25H32N6O2. The first kappa shape index (κ1) is 21.7. The molecule has 4 heterocycles. The van der Waals surface area contributed by atoms with E-state index in [2.05, 4.69) is 34.3 Å². The number of rotatable bonds is 1. The third-order valence-electron chi connectivity index (χ3n) is 6.89. The predicted molar refractivity (Wildman–Crippen MR) is 127 cm³/mol. The Morgan fingerprint density at radius 2 is 2.12 bits per heavy atom. The lowest BCUT2D eigenvalue weighted by Gasteiger charge is -2.29. The highest BCUT2D eigenvalue weighted by Gasteiger charge is 2.26. The van der Waals surface area contributed by atoms with Crippen LogP contribution >= 0.6 is 0 Å². The molecule has 8 heteroatoms. The zero-order chi connectivity index (χ0) is 22.8. The first-order valence-corrected chi connectivity index (χ1v) is 12.0. The van der Waals surface area contributed by atoms with Crippen LogP contribution in [0.3, 0.4) is 0 Å². The molecule has 2 aliphatic rings. The van der Waals surface area contributed by atoms with Gasteiger partial charge in [-0.3, -0.25) is 4.90 Å². The van der Waals surface area contributed by atoms with Crippen LogP contribution in [-0.4, -0.2) is 69.0 Å². The summed E-state index contributed by atoms with van der Waals surface area (Å²) in [6, 6.07) is 8.55. The number of nitrogens with zero attached hydrogens (tertiary/aromatic N) is 5. The van der Waals surface area contributed by atoms with Gasteiger partial charge < -0.3 is 19.4 Å². The molecule has 2 atom stereocenters. The van der Waals surface area contributed by atoms with Crippen molar-refractivity contribution in [3.05, 3.63) is 48.4 Å². The maximum Gasteiger partial charge on any atom is 0.317 e. The third-order valence-corrected chi connectivity index (χ3v) is 6.89. The number of nitrogens with one attached hydrogen (secondary N) is 1. The number of fused-ring (bicyclic) bond motifs is 8. The van der Waals surface area contributed by atoms with E-state index in [1.54, 1.807) is 6.20 Å². The average Bonchev–Trinajstić information content (AvgIpc) is 3.49. The van der Waals surface area contributed by atoms with Gasteiger partial charge in [0.2, 0.25) is 5.65 Å². The molecule has 174 valence electrons. The number of hydrogen-bond donors (Lipinski definition) is 1. The molecule has 3 aromatic rings. The van der Waals surface area contributed by atoms with Crippen molar-refractivity contribution in [2.45, 2.75) is 45.2 Å². The lowest BCUT2D eigenvalue weighted by Crippen LogP contribution is -2.42. The zero-order valence-corrected chi connectivity index (χ0v) is 19.4. The summed E-state index contributed by atoms with van der Waals surface area (Å²) in [6.07, 6.45) is 8.88. The molecule has 1 aromatic carbocycles. The smallest absolute Gasteiger partial charge is 0.317 e. The van der Waals surface area contributed by atoms with Crippen LogP contribution in [0.4, 0.5) is 4.79 Å². The number of carbonyl (C=O) groups is 1. The number of imidazole rings is 1. The van der Waals surface area contributed by atoms with Crippen molar-refractivity contribution in [3.8, 4) is 17.1 Å². The quantitative estimate of drug-likeness (QED) is 0.614. The Bertz CT molecular complexity index is 1130. The summed E-state index contributed by atoms with van der Waals surface area (Å²) in [5.74, 6) is 0.569. The predicted octanol–water partition coefficient (Wildman–Crippen LogP) is 3.74. The van der Waals surface area contributed by atoms with Crippen LogP contribution in [0.2, 0.25) is 0 Å². The molecule has 1 saturated heterocycles. The van der Waals surface area contributed by atoms with E-state index < -0.39 is 0 Å². The van der Waals surface area contributed by atoms with Gasteiger partial charge in [0.15, 0.2) is 0 Å². The van der Waals surface area contributed by atoms with Gasteiger partial charge in [-0.1, -0.05) is 18.2 Å². The molecule has 5 rings (SSSR count). The number of carbonyl (C=O) groups excluding carboxylic acids is 1. The van der Waals surface area contributed by atoms with E-state index in [4.69, 9.17) is 9.72 Å². The SMILES string of the molecule is CCN1C(=O)NCCCN2CCCC2COc2nc(cn3ccnc23)-c2cccc(c2)[C@H]1C. The second-order valence-electron chi connectivity index (χ2n) is 8.91. The number of aromatic nitrogens is 3. The molecule has 1 fully saturated rings. The monoisotopic (exact) mass is 448 g/mol. The first-order chi connectivity index (χ1) is 16.1. The molecule has 0 radical (unpaired) electrons. The molecule has 33 heavy (non-hydrogen) atoms. The van der Waals surface area contributed by atoms with Gasteiger partial charge >= 0.3 is 6.03 Å². The molecule has 1 N–H and O–H groups in total. The summed E-state index contributed by atoms with van der Waals surface area (Å²) in [5, 5.41) is 3.12. The van der Waals surface area contributed by atoms with E-state index in [1.807, 2.05) is 40.8 Å². The molecule has 4 bridgehead atoms. The molecule has 0 aliphatic carbocycles. The van der Waals surface area contributed by atoms with Crippen LogP contribution in [-0.2, 0) is 0 Å². The van der Waals surface area contributed by atoms with E-state index in [-0.39, 0.29) is 12.1 Å². The van der Waals surface area contributed by atoms with Gasteiger partial charge in [-0.15, -0.1) is 0 Å². The highest BCUT2D eigenvalue weighted by molar-refractivity contribution is 5.75. The van der Waals surface area contributed by atoms with Gasteiger partial charge in [-0.05, 0) is 51.3 Å². The molecule has 2 aliphatic heterocycles. The van der Waals surface area contributed by atoms with Crippen molar-refractivity contribution in [1.29, 1.82) is 0 Å². The summed E-state index contributed by atoms with van der Waals surface area (Å²) in [4.78, 5) is 26.6. The van der Waals surface area contributed by atoms with Gasteiger partial charge in [-0.25, -0.2) is 14.8 Å². The van der Waals surface area contributed by atoms with Crippen molar-refractivity contribution in [1.82, 2.24) is 29.5 Å². The average molecular weight is 449 g/mol. The fourth-order valence-corrected chi connectivity index (χ4v) is 5.00. The van der Waals surface area contributed by atoms with E-state index in [0.717, 1.165) is 48.4 Å².